The number of hydrogen-bond acceptors (Lipinski definition) is 3. The van der Waals surface area contributed by atoms with E-state index < -0.39 is 12.0 Å². The van der Waals surface area contributed by atoms with E-state index in [9.17, 15) is 14.4 Å². The molecule has 1 aromatic rings. The maximum atomic E-state index is 11.6. The Labute approximate surface area is 116 Å². The van der Waals surface area contributed by atoms with E-state index >= 15 is 0 Å². The third-order valence-electron chi connectivity index (χ3n) is 2.64. The molecule has 0 aliphatic rings. The highest BCUT2D eigenvalue weighted by molar-refractivity contribution is 6.01. The minimum absolute atomic E-state index is 0.0117. The van der Waals surface area contributed by atoms with Crippen molar-refractivity contribution in [1.82, 2.24) is 10.6 Å². The van der Waals surface area contributed by atoms with Gasteiger partial charge in [0.25, 0.3) is 0 Å². The van der Waals surface area contributed by atoms with Crippen LogP contribution in [0.25, 0.3) is 0 Å². The van der Waals surface area contributed by atoms with Crippen LogP contribution >= 0.6 is 0 Å². The first-order valence-corrected chi connectivity index (χ1v) is 5.95. The van der Waals surface area contributed by atoms with Gasteiger partial charge >= 0.3 is 12.0 Å². The minimum atomic E-state index is -1.13. The van der Waals surface area contributed by atoms with Crippen molar-refractivity contribution in [3.8, 4) is 0 Å². The first-order chi connectivity index (χ1) is 9.35. The summed E-state index contributed by atoms with van der Waals surface area (Å²) < 4.78 is 0. The molecule has 0 bridgehead atoms. The van der Waals surface area contributed by atoms with Gasteiger partial charge in [0.2, 0.25) is 5.91 Å². The van der Waals surface area contributed by atoms with Gasteiger partial charge in [0.1, 0.15) is 0 Å². The summed E-state index contributed by atoms with van der Waals surface area (Å²) in [5, 5.41) is 16.3. The van der Waals surface area contributed by atoms with Gasteiger partial charge in [-0.2, -0.15) is 0 Å². The maximum Gasteiger partial charge on any atom is 0.337 e. The van der Waals surface area contributed by atoms with Crippen molar-refractivity contribution in [2.75, 3.05) is 18.9 Å². The minimum Gasteiger partial charge on any atom is -0.478 e. The lowest BCUT2D eigenvalue weighted by atomic mass is 10.0. The summed E-state index contributed by atoms with van der Waals surface area (Å²) in [6.45, 7) is 3.29. The zero-order valence-electron chi connectivity index (χ0n) is 11.5. The van der Waals surface area contributed by atoms with Crippen LogP contribution in [-0.2, 0) is 4.79 Å². The highest BCUT2D eigenvalue weighted by atomic mass is 16.4. The molecule has 108 valence electrons. The lowest BCUT2D eigenvalue weighted by Gasteiger charge is -2.13. The van der Waals surface area contributed by atoms with Gasteiger partial charge in [0.05, 0.1) is 17.8 Å². The Balaban J connectivity index is 2.89. The van der Waals surface area contributed by atoms with Crippen molar-refractivity contribution in [2.24, 2.45) is 0 Å². The van der Waals surface area contributed by atoms with E-state index in [0.717, 1.165) is 5.56 Å². The summed E-state index contributed by atoms with van der Waals surface area (Å²) in [6.07, 6.45) is 0. The summed E-state index contributed by atoms with van der Waals surface area (Å²) in [7, 11) is 1.45. The van der Waals surface area contributed by atoms with Crippen molar-refractivity contribution in [3.63, 3.8) is 0 Å². The molecule has 4 N–H and O–H groups in total. The van der Waals surface area contributed by atoms with Crippen LogP contribution in [0.3, 0.4) is 0 Å². The molecule has 20 heavy (non-hydrogen) atoms. The van der Waals surface area contributed by atoms with E-state index in [4.69, 9.17) is 5.11 Å². The first kappa shape index (κ1) is 15.5. The number of nitrogens with one attached hydrogen (secondary N) is 3. The summed E-state index contributed by atoms with van der Waals surface area (Å²) in [4.78, 5) is 33.8. The highest BCUT2D eigenvalue weighted by Crippen LogP contribution is 2.22. The van der Waals surface area contributed by atoms with Crippen LogP contribution in [0, 0.1) is 13.8 Å². The quantitative estimate of drug-likeness (QED) is 0.656. The van der Waals surface area contributed by atoms with E-state index in [-0.39, 0.29) is 23.7 Å². The monoisotopic (exact) mass is 279 g/mol. The van der Waals surface area contributed by atoms with Gasteiger partial charge in [-0.25, -0.2) is 9.59 Å². The number of aryl methyl sites for hydroxylation is 2. The molecule has 0 aliphatic carbocycles. The SMILES string of the molecule is CNC(=O)CNC(=O)Nc1c(C)cc(C)cc1C(=O)O. The van der Waals surface area contributed by atoms with Crippen LogP contribution in [0.4, 0.5) is 10.5 Å². The zero-order valence-corrected chi connectivity index (χ0v) is 11.5. The highest BCUT2D eigenvalue weighted by Gasteiger charge is 2.15. The van der Waals surface area contributed by atoms with Gasteiger partial charge in [0, 0.05) is 7.05 Å². The van der Waals surface area contributed by atoms with Gasteiger partial charge < -0.3 is 21.1 Å². The number of amides is 3. The molecule has 0 spiro atoms. The largest absolute Gasteiger partial charge is 0.478 e. The predicted molar refractivity (Wildman–Crippen MR) is 74.0 cm³/mol. The Morgan fingerprint density at radius 2 is 1.85 bits per heavy atom. The first-order valence-electron chi connectivity index (χ1n) is 5.95. The third kappa shape index (κ3) is 3.98. The fraction of sp³-hybridized carbons (Fsp3) is 0.308. The molecule has 0 atom stereocenters. The van der Waals surface area contributed by atoms with Gasteiger partial charge in [-0.1, -0.05) is 6.07 Å². The standard InChI is InChI=1S/C13H17N3O4/c1-7-4-8(2)11(9(5-7)12(18)19)16-13(20)15-6-10(17)14-3/h4-5H,6H2,1-3H3,(H,14,17)(H,18,19)(H2,15,16,20). The fourth-order valence-corrected chi connectivity index (χ4v) is 1.71. The van der Waals surface area contributed by atoms with Gasteiger partial charge in [0.15, 0.2) is 0 Å². The maximum absolute atomic E-state index is 11.6. The lowest BCUT2D eigenvalue weighted by Crippen LogP contribution is -2.37. The Kier molecular flexibility index (Phi) is 5.08. The molecule has 0 aliphatic heterocycles. The van der Waals surface area contributed by atoms with E-state index in [1.165, 1.54) is 13.1 Å². The molecular weight excluding hydrogens is 262 g/mol. The molecule has 0 heterocycles. The summed E-state index contributed by atoms with van der Waals surface area (Å²) in [5.41, 5.74) is 1.66. The zero-order chi connectivity index (χ0) is 15.3. The van der Waals surface area contributed by atoms with Gasteiger partial charge in [-0.3, -0.25) is 4.79 Å². The second-order valence-corrected chi connectivity index (χ2v) is 4.29. The Morgan fingerprint density at radius 3 is 2.40 bits per heavy atom. The van der Waals surface area contributed by atoms with Crippen LogP contribution < -0.4 is 16.0 Å². The number of carboxylic acid groups (broad SMARTS) is 1. The molecule has 7 heteroatoms. The van der Waals surface area contributed by atoms with Crippen LogP contribution in [0.2, 0.25) is 0 Å². The number of rotatable bonds is 4. The molecule has 0 saturated carbocycles. The van der Waals surface area contributed by atoms with Crippen molar-refractivity contribution in [2.45, 2.75) is 13.8 Å². The number of likely N-dealkylation sites (N-methyl/N-ethyl adjacent to an activating group) is 1. The van der Waals surface area contributed by atoms with Crippen molar-refractivity contribution < 1.29 is 19.5 Å². The number of hydrogen-bond donors (Lipinski definition) is 4. The average Bonchev–Trinajstić information content (AvgIpc) is 2.38. The van der Waals surface area contributed by atoms with Crippen molar-refractivity contribution >= 4 is 23.6 Å². The van der Waals surface area contributed by atoms with Crippen LogP contribution in [0.1, 0.15) is 21.5 Å². The molecule has 1 aromatic carbocycles. The van der Waals surface area contributed by atoms with Crippen LogP contribution in [0.15, 0.2) is 12.1 Å². The number of urea groups is 1. The number of benzene rings is 1. The summed E-state index contributed by atoms with van der Waals surface area (Å²) >= 11 is 0. The molecule has 0 fully saturated rings. The van der Waals surface area contributed by atoms with E-state index in [2.05, 4.69) is 16.0 Å². The molecule has 3 amide bonds. The third-order valence-corrected chi connectivity index (χ3v) is 2.64. The average molecular weight is 279 g/mol. The van der Waals surface area contributed by atoms with E-state index in [1.54, 1.807) is 19.9 Å². The van der Waals surface area contributed by atoms with Gasteiger partial charge in [-0.05, 0) is 31.0 Å². The Morgan fingerprint density at radius 1 is 1.20 bits per heavy atom. The number of carbonyl (C=O) groups is 3. The second kappa shape index (κ2) is 6.55. The number of carbonyl (C=O) groups excluding carboxylic acids is 2. The van der Waals surface area contributed by atoms with E-state index in [0.29, 0.717) is 5.56 Å². The van der Waals surface area contributed by atoms with Gasteiger partial charge in [-0.15, -0.1) is 0 Å². The Bertz CT molecular complexity index is 555. The van der Waals surface area contributed by atoms with E-state index in [1.807, 2.05) is 0 Å². The molecule has 7 nitrogen and oxygen atoms in total. The molecule has 0 aromatic heterocycles. The summed E-state index contributed by atoms with van der Waals surface area (Å²) in [6, 6.07) is 2.60. The number of aromatic carboxylic acids is 1. The lowest BCUT2D eigenvalue weighted by molar-refractivity contribution is -0.119. The molecule has 0 unspecified atom stereocenters. The Hall–Kier alpha value is -2.57. The van der Waals surface area contributed by atoms with Crippen LogP contribution in [-0.4, -0.2) is 36.6 Å². The van der Waals surface area contributed by atoms with Crippen LogP contribution in [0.5, 0.6) is 0 Å². The van der Waals surface area contributed by atoms with Crippen molar-refractivity contribution in [1.29, 1.82) is 0 Å². The van der Waals surface area contributed by atoms with Crippen molar-refractivity contribution in [3.05, 3.63) is 28.8 Å². The summed E-state index contributed by atoms with van der Waals surface area (Å²) in [5.74, 6) is -1.47. The number of anilines is 1. The molecule has 0 saturated heterocycles. The second-order valence-electron chi connectivity index (χ2n) is 4.29. The number of carboxylic acids is 1. The topological polar surface area (TPSA) is 108 Å². The predicted octanol–water partition coefficient (Wildman–Crippen LogP) is 0.869. The molecular formula is C13H17N3O4. The smallest absolute Gasteiger partial charge is 0.337 e. The molecule has 0 radical (unpaired) electrons. The fourth-order valence-electron chi connectivity index (χ4n) is 1.71. The normalized spacial score (nSPS) is 9.75. The molecule has 1 rings (SSSR count).